The number of aromatic amines is 1. The normalized spacial score (nSPS) is 20.5. The zero-order chi connectivity index (χ0) is 26.7. The molecule has 39 heavy (non-hydrogen) atoms. The third kappa shape index (κ3) is 3.68. The predicted molar refractivity (Wildman–Crippen MR) is 139 cm³/mol. The first-order valence-electron chi connectivity index (χ1n) is 12.8. The number of fused-ring (bicyclic) bond motifs is 3. The average molecular weight is 524 g/mol. The number of nitrogen functional groups attached to an aromatic ring is 1. The lowest BCUT2D eigenvalue weighted by Crippen LogP contribution is -2.46. The summed E-state index contributed by atoms with van der Waals surface area (Å²) < 4.78 is 3.20. The third-order valence-electron chi connectivity index (χ3n) is 7.83. The van der Waals surface area contributed by atoms with Crippen LogP contribution in [0.2, 0.25) is 0 Å². The number of piperidine rings is 1. The second kappa shape index (κ2) is 8.82. The van der Waals surface area contributed by atoms with Crippen molar-refractivity contribution < 1.29 is 9.59 Å². The highest BCUT2D eigenvalue weighted by atomic mass is 16.2. The number of carbonyl (C=O) groups is 2. The topological polar surface area (TPSA) is 166 Å². The number of Topliss-reactive ketones (excluding diaryl/α,β-unsaturated/α-hetero) is 1. The Labute approximate surface area is 222 Å². The van der Waals surface area contributed by atoms with Gasteiger partial charge in [0.1, 0.15) is 12.1 Å². The monoisotopic (exact) mass is 523 g/mol. The fourth-order valence-corrected chi connectivity index (χ4v) is 6.14. The second-order valence-corrected chi connectivity index (χ2v) is 10.1. The van der Waals surface area contributed by atoms with Crippen molar-refractivity contribution in [1.82, 2.24) is 49.4 Å². The SMILES string of the molecule is CC(=O)c1c(C2C[C@H]3CC[C@@H](C2)N3C(=O)c2nnc[nH]2)nc2c(-c3ccc(-n4cccn4)nc3)cnn2c1N. The van der Waals surface area contributed by atoms with Crippen molar-refractivity contribution in [1.29, 1.82) is 0 Å². The average Bonchev–Trinajstić information content (AvgIpc) is 3.75. The van der Waals surface area contributed by atoms with Crippen LogP contribution in [0.1, 0.15) is 65.2 Å². The molecule has 3 atom stereocenters. The highest BCUT2D eigenvalue weighted by Gasteiger charge is 2.45. The molecule has 5 aromatic heterocycles. The summed E-state index contributed by atoms with van der Waals surface area (Å²) in [6, 6.07) is 5.69. The van der Waals surface area contributed by atoms with Gasteiger partial charge in [-0.05, 0) is 50.8 Å². The molecule has 2 bridgehead atoms. The first-order chi connectivity index (χ1) is 19.0. The number of nitrogens with two attached hydrogens (primary N) is 1. The molecule has 13 heteroatoms. The summed E-state index contributed by atoms with van der Waals surface area (Å²) in [6.45, 7) is 1.50. The number of hydrogen-bond acceptors (Lipinski definition) is 9. The van der Waals surface area contributed by atoms with Crippen LogP contribution in [0.5, 0.6) is 0 Å². The van der Waals surface area contributed by atoms with Crippen molar-refractivity contribution in [3.8, 4) is 16.9 Å². The zero-order valence-electron chi connectivity index (χ0n) is 21.1. The van der Waals surface area contributed by atoms with Crippen LogP contribution < -0.4 is 5.73 Å². The number of ketones is 1. The molecule has 1 unspecified atom stereocenters. The maximum atomic E-state index is 13.1. The summed E-state index contributed by atoms with van der Waals surface area (Å²) in [6.07, 6.45) is 11.5. The molecule has 1 amide bonds. The van der Waals surface area contributed by atoms with Crippen LogP contribution >= 0.6 is 0 Å². The van der Waals surface area contributed by atoms with Gasteiger partial charge in [-0.15, -0.1) is 10.2 Å². The number of H-pyrrole nitrogens is 1. The van der Waals surface area contributed by atoms with Gasteiger partial charge in [0, 0.05) is 47.7 Å². The van der Waals surface area contributed by atoms with Crippen LogP contribution in [0.4, 0.5) is 5.82 Å². The molecule has 7 rings (SSSR count). The molecule has 196 valence electrons. The molecular weight excluding hydrogens is 498 g/mol. The lowest BCUT2D eigenvalue weighted by Gasteiger charge is -2.38. The Morgan fingerprint density at radius 2 is 1.92 bits per heavy atom. The van der Waals surface area contributed by atoms with E-state index in [0.29, 0.717) is 35.6 Å². The number of hydrogen-bond donors (Lipinski definition) is 2. The lowest BCUT2D eigenvalue weighted by atomic mass is 9.85. The van der Waals surface area contributed by atoms with Crippen molar-refractivity contribution >= 4 is 23.2 Å². The molecule has 7 heterocycles. The molecule has 13 nitrogen and oxygen atoms in total. The number of nitrogens with zero attached hydrogens (tertiary/aromatic N) is 9. The maximum Gasteiger partial charge on any atom is 0.292 e. The summed E-state index contributed by atoms with van der Waals surface area (Å²) in [5.74, 6) is 0.867. The fourth-order valence-electron chi connectivity index (χ4n) is 6.14. The number of carbonyl (C=O) groups excluding carboxylic acids is 2. The van der Waals surface area contributed by atoms with Gasteiger partial charge in [0.25, 0.3) is 5.91 Å². The van der Waals surface area contributed by atoms with Crippen molar-refractivity contribution in [2.24, 2.45) is 0 Å². The van der Waals surface area contributed by atoms with E-state index in [0.717, 1.165) is 24.0 Å². The molecule has 0 radical (unpaired) electrons. The van der Waals surface area contributed by atoms with Crippen molar-refractivity contribution in [3.05, 3.63) is 66.4 Å². The van der Waals surface area contributed by atoms with Crippen LogP contribution in [0.3, 0.4) is 0 Å². The number of aromatic nitrogens is 9. The standard InChI is InChI=1S/C26H25N11O2/c1-14(38)21-22(16-9-17-4-5-18(10-16)36(17)26(39)24-29-13-30-34-24)33-25-19(12-32-37(25)23(21)27)15-3-6-20(28-11-15)35-8-2-7-31-35/h2-3,6-8,11-13,16-18H,4-5,9-10,27H2,1H3,(H,29,30,34)/t16?,17-,18+. The minimum absolute atomic E-state index is 0.0221. The smallest absolute Gasteiger partial charge is 0.292 e. The van der Waals surface area contributed by atoms with E-state index in [1.807, 2.05) is 29.3 Å². The number of amides is 1. The van der Waals surface area contributed by atoms with Crippen LogP contribution in [-0.4, -0.2) is 73.2 Å². The molecule has 2 aliphatic heterocycles. The molecule has 2 saturated heterocycles. The summed E-state index contributed by atoms with van der Waals surface area (Å²) in [4.78, 5) is 40.3. The highest BCUT2D eigenvalue weighted by Crippen LogP contribution is 2.45. The molecule has 0 spiro atoms. The van der Waals surface area contributed by atoms with Gasteiger partial charge in [-0.1, -0.05) is 0 Å². The number of pyridine rings is 1. The lowest BCUT2D eigenvalue weighted by molar-refractivity contribution is 0.0556. The Morgan fingerprint density at radius 1 is 1.10 bits per heavy atom. The summed E-state index contributed by atoms with van der Waals surface area (Å²) in [5.41, 5.74) is 9.77. The van der Waals surface area contributed by atoms with Crippen LogP contribution in [-0.2, 0) is 0 Å². The minimum atomic E-state index is -0.160. The number of rotatable bonds is 5. The van der Waals surface area contributed by atoms with Crippen LogP contribution in [0, 0.1) is 0 Å². The molecule has 2 aliphatic rings. The van der Waals surface area contributed by atoms with Crippen LogP contribution in [0.15, 0.2) is 49.3 Å². The van der Waals surface area contributed by atoms with Crippen LogP contribution in [0.25, 0.3) is 22.6 Å². The molecular formula is C26H25N11O2. The molecule has 0 saturated carbocycles. The Kier molecular flexibility index (Phi) is 5.25. The molecule has 5 aromatic rings. The Bertz CT molecular complexity index is 1680. The van der Waals surface area contributed by atoms with Gasteiger partial charge in [-0.25, -0.2) is 14.6 Å². The van der Waals surface area contributed by atoms with E-state index in [4.69, 9.17) is 10.7 Å². The first kappa shape index (κ1) is 23.2. The van der Waals surface area contributed by atoms with Crippen molar-refractivity contribution in [3.63, 3.8) is 0 Å². The van der Waals surface area contributed by atoms with Gasteiger partial charge in [-0.2, -0.15) is 14.7 Å². The fraction of sp³-hybridized carbons (Fsp3) is 0.308. The molecule has 3 N–H and O–H groups in total. The van der Waals surface area contributed by atoms with Gasteiger partial charge < -0.3 is 15.6 Å². The zero-order valence-corrected chi connectivity index (χ0v) is 21.1. The largest absolute Gasteiger partial charge is 0.383 e. The summed E-state index contributed by atoms with van der Waals surface area (Å²) in [7, 11) is 0. The van der Waals surface area contributed by atoms with Gasteiger partial charge in [0.05, 0.1) is 17.5 Å². The van der Waals surface area contributed by atoms with E-state index in [2.05, 4.69) is 30.4 Å². The highest BCUT2D eigenvalue weighted by molar-refractivity contribution is 6.00. The van der Waals surface area contributed by atoms with E-state index < -0.39 is 0 Å². The van der Waals surface area contributed by atoms with Crippen molar-refractivity contribution in [2.45, 2.75) is 50.6 Å². The summed E-state index contributed by atoms with van der Waals surface area (Å²) >= 11 is 0. The first-order valence-corrected chi connectivity index (χ1v) is 12.8. The van der Waals surface area contributed by atoms with Gasteiger partial charge in [-0.3, -0.25) is 9.59 Å². The Morgan fingerprint density at radius 3 is 2.56 bits per heavy atom. The Hall–Kier alpha value is -4.94. The molecule has 0 aromatic carbocycles. The van der Waals surface area contributed by atoms with Crippen molar-refractivity contribution in [2.75, 3.05) is 5.73 Å². The second-order valence-electron chi connectivity index (χ2n) is 10.1. The van der Waals surface area contributed by atoms with E-state index in [1.165, 1.54) is 17.8 Å². The maximum absolute atomic E-state index is 13.1. The number of nitrogens with one attached hydrogen (secondary N) is 1. The van der Waals surface area contributed by atoms with E-state index >= 15 is 0 Å². The van der Waals surface area contributed by atoms with E-state index in [9.17, 15) is 9.59 Å². The minimum Gasteiger partial charge on any atom is -0.383 e. The van der Waals surface area contributed by atoms with Gasteiger partial charge in [0.2, 0.25) is 5.82 Å². The predicted octanol–water partition coefficient (Wildman–Crippen LogP) is 2.43. The number of anilines is 1. The van der Waals surface area contributed by atoms with Gasteiger partial charge >= 0.3 is 0 Å². The quantitative estimate of drug-likeness (QED) is 0.329. The Balaban J connectivity index is 1.27. The summed E-state index contributed by atoms with van der Waals surface area (Å²) in [5, 5.41) is 16.4. The molecule has 2 fully saturated rings. The van der Waals surface area contributed by atoms with E-state index in [1.54, 1.807) is 23.3 Å². The third-order valence-corrected chi connectivity index (χ3v) is 7.83. The van der Waals surface area contributed by atoms with E-state index in [-0.39, 0.29) is 41.3 Å². The van der Waals surface area contributed by atoms with Gasteiger partial charge in [0.15, 0.2) is 17.2 Å². The molecule has 0 aliphatic carbocycles.